The maximum Gasteiger partial charge on any atom is 0.203 e. The van der Waals surface area contributed by atoms with Crippen molar-refractivity contribution in [1.29, 1.82) is 0 Å². The second-order valence-electron chi connectivity index (χ2n) is 4.66. The Morgan fingerprint density at radius 3 is 2.90 bits per heavy atom. The summed E-state index contributed by atoms with van der Waals surface area (Å²) >= 11 is 2.06. The Kier molecular flexibility index (Phi) is 3.65. The number of aromatic amines is 1. The summed E-state index contributed by atoms with van der Waals surface area (Å²) in [6, 6.07) is 9.91. The van der Waals surface area contributed by atoms with Crippen LogP contribution in [0.1, 0.15) is 13.3 Å². The first-order valence-electron chi connectivity index (χ1n) is 6.58. The molecule has 0 aliphatic rings. The molecule has 0 atom stereocenters. The van der Waals surface area contributed by atoms with E-state index in [0.29, 0.717) is 15.6 Å². The average molecular weight is 379 g/mol. The Labute approximate surface area is 130 Å². The molecule has 1 aromatic heterocycles. The number of halogens is 1. The highest BCUT2D eigenvalue weighted by atomic mass is 127. The summed E-state index contributed by atoms with van der Waals surface area (Å²) in [7, 11) is 0. The average Bonchev–Trinajstić information content (AvgIpc) is 2.48. The van der Waals surface area contributed by atoms with E-state index in [1.165, 1.54) is 0 Å². The van der Waals surface area contributed by atoms with Crippen LogP contribution >= 0.6 is 22.6 Å². The molecule has 0 unspecified atom stereocenters. The third-order valence-corrected chi connectivity index (χ3v) is 4.06. The Morgan fingerprint density at radius 2 is 2.10 bits per heavy atom. The molecule has 0 bridgehead atoms. The van der Waals surface area contributed by atoms with E-state index in [4.69, 9.17) is 4.74 Å². The summed E-state index contributed by atoms with van der Waals surface area (Å²) in [4.78, 5) is 15.7. The number of H-pyrrole nitrogens is 1. The first-order chi connectivity index (χ1) is 9.72. The van der Waals surface area contributed by atoms with E-state index in [-0.39, 0.29) is 5.43 Å². The third kappa shape index (κ3) is 2.18. The first-order valence-corrected chi connectivity index (χ1v) is 7.65. The monoisotopic (exact) mass is 379 g/mol. The summed E-state index contributed by atoms with van der Waals surface area (Å²) in [6.45, 7) is 2.70. The SMILES string of the molecule is CCCOc1cc2ccccc2c2c(=O)c(I)c[nH]c12. The maximum atomic E-state index is 12.5. The Morgan fingerprint density at radius 1 is 1.30 bits per heavy atom. The zero-order valence-corrected chi connectivity index (χ0v) is 13.2. The van der Waals surface area contributed by atoms with E-state index < -0.39 is 0 Å². The molecule has 0 fully saturated rings. The summed E-state index contributed by atoms with van der Waals surface area (Å²) in [6.07, 6.45) is 2.67. The number of nitrogens with one attached hydrogen (secondary N) is 1. The lowest BCUT2D eigenvalue weighted by atomic mass is 10.0. The van der Waals surface area contributed by atoms with Crippen LogP contribution in [0.4, 0.5) is 0 Å². The highest BCUT2D eigenvalue weighted by Gasteiger charge is 2.12. The molecule has 1 N–H and O–H groups in total. The predicted octanol–water partition coefficient (Wildman–Crippen LogP) is 4.07. The summed E-state index contributed by atoms with van der Waals surface area (Å²) in [5, 5.41) is 2.70. The Balaban J connectivity index is 2.44. The lowest BCUT2D eigenvalue weighted by Crippen LogP contribution is -2.08. The lowest BCUT2D eigenvalue weighted by molar-refractivity contribution is 0.321. The Hall–Kier alpha value is -1.56. The van der Waals surface area contributed by atoms with Gasteiger partial charge in [-0.25, -0.2) is 0 Å². The number of benzene rings is 2. The Bertz CT molecular complexity index is 839. The van der Waals surface area contributed by atoms with Crippen LogP contribution in [-0.4, -0.2) is 11.6 Å². The predicted molar refractivity (Wildman–Crippen MR) is 90.6 cm³/mol. The van der Waals surface area contributed by atoms with Gasteiger partial charge in [-0.2, -0.15) is 0 Å². The van der Waals surface area contributed by atoms with Crippen LogP contribution < -0.4 is 10.2 Å². The van der Waals surface area contributed by atoms with Crippen LogP contribution in [-0.2, 0) is 0 Å². The first kappa shape index (κ1) is 13.4. The second kappa shape index (κ2) is 5.44. The molecule has 102 valence electrons. The molecule has 2 aromatic carbocycles. The van der Waals surface area contributed by atoms with Gasteiger partial charge in [-0.05, 0) is 45.9 Å². The number of rotatable bonds is 3. The van der Waals surface area contributed by atoms with Crippen molar-refractivity contribution in [2.45, 2.75) is 13.3 Å². The quantitative estimate of drug-likeness (QED) is 0.551. The fourth-order valence-electron chi connectivity index (χ4n) is 2.35. The van der Waals surface area contributed by atoms with Gasteiger partial charge in [0.15, 0.2) is 0 Å². The van der Waals surface area contributed by atoms with E-state index in [9.17, 15) is 4.79 Å². The standard InChI is InChI=1S/C16H14INO2/c1-2-7-20-13-8-10-5-3-4-6-11(10)14-15(13)18-9-12(17)16(14)19/h3-6,8-9H,2,7H2,1H3,(H,18,19). The second-order valence-corrected chi connectivity index (χ2v) is 5.82. The van der Waals surface area contributed by atoms with Gasteiger partial charge in [-0.3, -0.25) is 4.79 Å². The molecule has 3 nitrogen and oxygen atoms in total. The van der Waals surface area contributed by atoms with Gasteiger partial charge in [0.2, 0.25) is 5.43 Å². The molecule has 3 aromatic rings. The zero-order valence-electron chi connectivity index (χ0n) is 11.1. The minimum absolute atomic E-state index is 0.0532. The van der Waals surface area contributed by atoms with Crippen molar-refractivity contribution in [3.05, 3.63) is 50.3 Å². The lowest BCUT2D eigenvalue weighted by Gasteiger charge is -2.11. The van der Waals surface area contributed by atoms with Crippen LogP contribution in [0.3, 0.4) is 0 Å². The van der Waals surface area contributed by atoms with Crippen molar-refractivity contribution in [2.75, 3.05) is 6.61 Å². The van der Waals surface area contributed by atoms with Crippen LogP contribution in [0, 0.1) is 3.57 Å². The molecule has 0 saturated carbocycles. The van der Waals surface area contributed by atoms with E-state index in [1.54, 1.807) is 6.20 Å². The van der Waals surface area contributed by atoms with Gasteiger partial charge < -0.3 is 9.72 Å². The van der Waals surface area contributed by atoms with Crippen molar-refractivity contribution in [3.8, 4) is 5.75 Å². The molecule has 20 heavy (non-hydrogen) atoms. The van der Waals surface area contributed by atoms with Crippen molar-refractivity contribution < 1.29 is 4.74 Å². The molecule has 4 heteroatoms. The highest BCUT2D eigenvalue weighted by molar-refractivity contribution is 14.1. The maximum absolute atomic E-state index is 12.5. The number of hydrogen-bond acceptors (Lipinski definition) is 2. The molecular formula is C16H14INO2. The van der Waals surface area contributed by atoms with Gasteiger partial charge in [-0.15, -0.1) is 0 Å². The molecule has 0 amide bonds. The van der Waals surface area contributed by atoms with E-state index in [1.807, 2.05) is 30.3 Å². The van der Waals surface area contributed by atoms with Crippen molar-refractivity contribution in [3.63, 3.8) is 0 Å². The minimum atomic E-state index is 0.0532. The summed E-state index contributed by atoms with van der Waals surface area (Å²) in [5.74, 6) is 0.744. The number of ether oxygens (including phenoxy) is 1. The molecule has 0 spiro atoms. The molecule has 1 heterocycles. The fourth-order valence-corrected chi connectivity index (χ4v) is 2.77. The van der Waals surface area contributed by atoms with Crippen molar-refractivity contribution in [1.82, 2.24) is 4.98 Å². The van der Waals surface area contributed by atoms with Gasteiger partial charge in [0.25, 0.3) is 0 Å². The molecule has 0 saturated heterocycles. The van der Waals surface area contributed by atoms with Crippen LogP contribution in [0.15, 0.2) is 41.3 Å². The van der Waals surface area contributed by atoms with Crippen LogP contribution in [0.2, 0.25) is 0 Å². The van der Waals surface area contributed by atoms with Crippen LogP contribution in [0.25, 0.3) is 21.7 Å². The smallest absolute Gasteiger partial charge is 0.203 e. The minimum Gasteiger partial charge on any atom is -0.491 e. The van der Waals surface area contributed by atoms with E-state index in [2.05, 4.69) is 34.5 Å². The normalized spacial score (nSPS) is 11.1. The molecule has 0 radical (unpaired) electrons. The van der Waals surface area contributed by atoms with Gasteiger partial charge in [0.05, 0.1) is 21.1 Å². The molecule has 3 rings (SSSR count). The number of pyridine rings is 1. The van der Waals surface area contributed by atoms with Crippen LogP contribution in [0.5, 0.6) is 5.75 Å². The van der Waals surface area contributed by atoms with Gasteiger partial charge in [0.1, 0.15) is 5.75 Å². The summed E-state index contributed by atoms with van der Waals surface area (Å²) in [5.41, 5.74) is 0.833. The van der Waals surface area contributed by atoms with Crippen molar-refractivity contribution in [2.24, 2.45) is 0 Å². The molecular weight excluding hydrogens is 365 g/mol. The van der Waals surface area contributed by atoms with Crippen molar-refractivity contribution >= 4 is 44.3 Å². The number of fused-ring (bicyclic) bond motifs is 3. The van der Waals surface area contributed by atoms with E-state index >= 15 is 0 Å². The van der Waals surface area contributed by atoms with Gasteiger partial charge in [0, 0.05) is 6.20 Å². The van der Waals surface area contributed by atoms with E-state index in [0.717, 1.165) is 28.5 Å². The largest absolute Gasteiger partial charge is 0.491 e. The number of hydrogen-bond donors (Lipinski definition) is 1. The topological polar surface area (TPSA) is 42.1 Å². The number of aromatic nitrogens is 1. The third-order valence-electron chi connectivity index (χ3n) is 3.26. The molecule has 0 aliphatic heterocycles. The van der Waals surface area contributed by atoms with Gasteiger partial charge >= 0.3 is 0 Å². The van der Waals surface area contributed by atoms with Gasteiger partial charge in [-0.1, -0.05) is 31.2 Å². The highest BCUT2D eigenvalue weighted by Crippen LogP contribution is 2.30. The summed E-state index contributed by atoms with van der Waals surface area (Å²) < 4.78 is 6.49. The molecule has 0 aliphatic carbocycles. The zero-order chi connectivity index (χ0) is 14.1. The fraction of sp³-hybridized carbons (Fsp3) is 0.188.